The summed E-state index contributed by atoms with van der Waals surface area (Å²) in [6.07, 6.45) is 1.87. The zero-order valence-corrected chi connectivity index (χ0v) is 24.2. The SMILES string of the molecule is COC(=O)C(C)(C)c1cccc(-c2ccc(CN(Cc3ccc[nH]3)C(=O)c3c(C)c(C)nc4ccccc34)cc2)c1. The van der Waals surface area contributed by atoms with Crippen LogP contribution >= 0.6 is 0 Å². The minimum Gasteiger partial charge on any atom is -0.468 e. The van der Waals surface area contributed by atoms with Gasteiger partial charge in [0.2, 0.25) is 0 Å². The molecule has 1 N–H and O–H groups in total. The van der Waals surface area contributed by atoms with Gasteiger partial charge in [0.15, 0.2) is 0 Å². The third-order valence-corrected chi connectivity index (χ3v) is 7.84. The van der Waals surface area contributed by atoms with Gasteiger partial charge in [0.25, 0.3) is 5.91 Å². The number of methoxy groups -OCH3 is 1. The molecule has 1 amide bonds. The molecule has 5 aromatic rings. The van der Waals surface area contributed by atoms with Gasteiger partial charge >= 0.3 is 5.97 Å². The van der Waals surface area contributed by atoms with Gasteiger partial charge in [-0.15, -0.1) is 0 Å². The van der Waals surface area contributed by atoms with Gasteiger partial charge in [0, 0.05) is 29.5 Å². The Hall–Kier alpha value is -4.71. The van der Waals surface area contributed by atoms with Gasteiger partial charge in [-0.1, -0.05) is 66.7 Å². The number of amides is 1. The topological polar surface area (TPSA) is 75.3 Å². The molecule has 0 spiro atoms. The molecule has 41 heavy (non-hydrogen) atoms. The Morgan fingerprint density at radius 3 is 2.34 bits per heavy atom. The van der Waals surface area contributed by atoms with Gasteiger partial charge in [0.05, 0.1) is 30.1 Å². The zero-order valence-electron chi connectivity index (χ0n) is 24.2. The predicted octanol–water partition coefficient (Wildman–Crippen LogP) is 7.14. The first-order valence-electron chi connectivity index (χ1n) is 13.7. The number of benzene rings is 3. The fourth-order valence-corrected chi connectivity index (χ4v) is 5.22. The number of nitrogens with one attached hydrogen (secondary N) is 1. The summed E-state index contributed by atoms with van der Waals surface area (Å²) in [5, 5.41) is 0.863. The monoisotopic (exact) mass is 545 g/mol. The number of esters is 1. The molecule has 0 unspecified atom stereocenters. The number of hydrogen-bond acceptors (Lipinski definition) is 4. The molecule has 0 aliphatic carbocycles. The molecule has 6 nitrogen and oxygen atoms in total. The fourth-order valence-electron chi connectivity index (χ4n) is 5.22. The number of para-hydroxylation sites is 1. The van der Waals surface area contributed by atoms with Crippen LogP contribution in [0.5, 0.6) is 0 Å². The Morgan fingerprint density at radius 2 is 1.63 bits per heavy atom. The number of rotatable bonds is 8. The van der Waals surface area contributed by atoms with Crippen LogP contribution in [0.15, 0.2) is 91.1 Å². The number of aromatic amines is 1. The van der Waals surface area contributed by atoms with Gasteiger partial charge in [-0.05, 0) is 73.7 Å². The van der Waals surface area contributed by atoms with Crippen molar-refractivity contribution < 1.29 is 14.3 Å². The molecule has 0 saturated heterocycles. The van der Waals surface area contributed by atoms with Crippen molar-refractivity contribution in [2.45, 2.75) is 46.2 Å². The third kappa shape index (κ3) is 5.64. The second-order valence-electron chi connectivity index (χ2n) is 11.0. The Morgan fingerprint density at radius 1 is 0.878 bits per heavy atom. The van der Waals surface area contributed by atoms with E-state index in [4.69, 9.17) is 9.72 Å². The van der Waals surface area contributed by atoms with Crippen LogP contribution in [0, 0.1) is 13.8 Å². The van der Waals surface area contributed by atoms with Gasteiger partial charge in [-0.25, -0.2) is 0 Å². The number of ether oxygens (including phenoxy) is 1. The third-order valence-electron chi connectivity index (χ3n) is 7.84. The molecule has 2 aromatic heterocycles. The van der Waals surface area contributed by atoms with Crippen molar-refractivity contribution in [2.75, 3.05) is 7.11 Å². The number of carbonyl (C=O) groups excluding carboxylic acids is 2. The minimum absolute atomic E-state index is 0.0272. The number of aryl methyl sites for hydroxylation is 1. The van der Waals surface area contributed by atoms with Crippen LogP contribution in [-0.4, -0.2) is 33.9 Å². The van der Waals surface area contributed by atoms with E-state index >= 15 is 0 Å². The van der Waals surface area contributed by atoms with Crippen LogP contribution in [0.1, 0.15) is 52.3 Å². The van der Waals surface area contributed by atoms with Crippen molar-refractivity contribution in [2.24, 2.45) is 0 Å². The number of carbonyl (C=O) groups is 2. The van der Waals surface area contributed by atoms with E-state index in [1.165, 1.54) is 7.11 Å². The van der Waals surface area contributed by atoms with E-state index in [0.717, 1.165) is 50.1 Å². The number of nitrogens with zero attached hydrogens (tertiary/aromatic N) is 2. The fraction of sp³-hybridized carbons (Fsp3) is 0.229. The van der Waals surface area contributed by atoms with E-state index in [1.54, 1.807) is 0 Å². The zero-order chi connectivity index (χ0) is 29.1. The normalized spacial score (nSPS) is 11.4. The molecule has 0 saturated carbocycles. The van der Waals surface area contributed by atoms with Crippen LogP contribution in [-0.2, 0) is 28.0 Å². The van der Waals surface area contributed by atoms with Gasteiger partial charge in [-0.2, -0.15) is 0 Å². The van der Waals surface area contributed by atoms with E-state index in [1.807, 2.05) is 99.5 Å². The summed E-state index contributed by atoms with van der Waals surface area (Å²) >= 11 is 0. The van der Waals surface area contributed by atoms with Gasteiger partial charge in [0.1, 0.15) is 0 Å². The lowest BCUT2D eigenvalue weighted by atomic mass is 9.83. The molecule has 0 aliphatic heterocycles. The Kier molecular flexibility index (Phi) is 7.75. The van der Waals surface area contributed by atoms with E-state index < -0.39 is 5.41 Å². The Balaban J connectivity index is 1.46. The summed E-state index contributed by atoms with van der Waals surface area (Å²) in [6.45, 7) is 8.56. The standard InChI is InChI=1S/C35H35N3O3/c1-23-24(2)37-31-14-7-6-13-30(31)32(23)33(39)38(22-29-12-9-19-36-29)21-25-15-17-26(18-16-25)27-10-8-11-28(20-27)35(3,4)34(40)41-5/h6-20,36H,21-22H2,1-5H3. The van der Waals surface area contributed by atoms with E-state index in [0.29, 0.717) is 18.7 Å². The molecular weight excluding hydrogens is 510 g/mol. The van der Waals surface area contributed by atoms with Gasteiger partial charge in [-0.3, -0.25) is 14.6 Å². The summed E-state index contributed by atoms with van der Waals surface area (Å²) in [4.78, 5) is 36.4. The maximum atomic E-state index is 14.2. The molecule has 0 radical (unpaired) electrons. The average molecular weight is 546 g/mol. The number of hydrogen-bond donors (Lipinski definition) is 1. The molecule has 0 aliphatic rings. The molecule has 208 valence electrons. The lowest BCUT2D eigenvalue weighted by Gasteiger charge is -2.25. The highest BCUT2D eigenvalue weighted by molar-refractivity contribution is 6.07. The van der Waals surface area contributed by atoms with Crippen LogP contribution < -0.4 is 0 Å². The summed E-state index contributed by atoms with van der Waals surface area (Å²) in [5.41, 5.74) is 7.44. The molecule has 3 aromatic carbocycles. The smallest absolute Gasteiger partial charge is 0.315 e. The molecule has 5 rings (SSSR count). The van der Waals surface area contributed by atoms with Crippen molar-refractivity contribution in [3.8, 4) is 11.1 Å². The average Bonchev–Trinajstić information content (AvgIpc) is 3.50. The number of aromatic nitrogens is 2. The van der Waals surface area contributed by atoms with Crippen molar-refractivity contribution in [3.63, 3.8) is 0 Å². The Labute approximate surface area is 241 Å². The molecule has 6 heteroatoms. The minimum atomic E-state index is -0.753. The van der Waals surface area contributed by atoms with Crippen LogP contribution in [0.4, 0.5) is 0 Å². The van der Waals surface area contributed by atoms with Gasteiger partial charge < -0.3 is 14.6 Å². The number of fused-ring (bicyclic) bond motifs is 1. The molecule has 0 fully saturated rings. The lowest BCUT2D eigenvalue weighted by molar-refractivity contribution is -0.146. The summed E-state index contributed by atoms with van der Waals surface area (Å²) in [6, 6.07) is 28.0. The molecule has 2 heterocycles. The summed E-state index contributed by atoms with van der Waals surface area (Å²) in [5.74, 6) is -0.301. The van der Waals surface area contributed by atoms with Crippen molar-refractivity contribution in [1.82, 2.24) is 14.9 Å². The predicted molar refractivity (Wildman–Crippen MR) is 163 cm³/mol. The largest absolute Gasteiger partial charge is 0.468 e. The summed E-state index contributed by atoms with van der Waals surface area (Å²) < 4.78 is 5.02. The second-order valence-corrected chi connectivity index (χ2v) is 11.0. The molecule has 0 bridgehead atoms. The first-order valence-corrected chi connectivity index (χ1v) is 13.7. The maximum absolute atomic E-state index is 14.2. The van der Waals surface area contributed by atoms with Crippen molar-refractivity contribution in [3.05, 3.63) is 125 Å². The second kappa shape index (κ2) is 11.4. The summed E-state index contributed by atoms with van der Waals surface area (Å²) in [7, 11) is 1.41. The molecule has 0 atom stereocenters. The lowest BCUT2D eigenvalue weighted by Crippen LogP contribution is -2.31. The molecular formula is C35H35N3O3. The maximum Gasteiger partial charge on any atom is 0.315 e. The Bertz CT molecular complexity index is 1700. The number of pyridine rings is 1. The first-order chi connectivity index (χ1) is 19.7. The van der Waals surface area contributed by atoms with Crippen molar-refractivity contribution in [1.29, 1.82) is 0 Å². The van der Waals surface area contributed by atoms with Crippen LogP contribution in [0.3, 0.4) is 0 Å². The highest BCUT2D eigenvalue weighted by Gasteiger charge is 2.31. The van der Waals surface area contributed by atoms with E-state index in [-0.39, 0.29) is 11.9 Å². The van der Waals surface area contributed by atoms with Crippen LogP contribution in [0.2, 0.25) is 0 Å². The van der Waals surface area contributed by atoms with E-state index in [9.17, 15) is 9.59 Å². The quantitative estimate of drug-likeness (QED) is 0.210. The first kappa shape index (κ1) is 27.8. The highest BCUT2D eigenvalue weighted by atomic mass is 16.5. The van der Waals surface area contributed by atoms with E-state index in [2.05, 4.69) is 29.2 Å². The van der Waals surface area contributed by atoms with Crippen LogP contribution in [0.25, 0.3) is 22.0 Å². The van der Waals surface area contributed by atoms with Crippen molar-refractivity contribution >= 4 is 22.8 Å². The number of H-pyrrole nitrogens is 1. The highest BCUT2D eigenvalue weighted by Crippen LogP contribution is 2.30.